The molecule has 7 heteroatoms. The topological polar surface area (TPSA) is 63.4 Å². The van der Waals surface area contributed by atoms with E-state index in [0.29, 0.717) is 17.3 Å². The number of benzene rings is 1. The number of halogens is 1. The van der Waals surface area contributed by atoms with Crippen molar-refractivity contribution in [3.63, 3.8) is 0 Å². The number of rotatable bonds is 5. The molecule has 1 aromatic carbocycles. The maximum absolute atomic E-state index is 12.6. The minimum atomic E-state index is -3.48. The number of sulfonamides is 1. The molecule has 0 aliphatic carbocycles. The molecule has 0 bridgehead atoms. The van der Waals surface area contributed by atoms with Crippen LogP contribution in [0.4, 0.5) is 0 Å². The Morgan fingerprint density at radius 1 is 1.33 bits per heavy atom. The van der Waals surface area contributed by atoms with Gasteiger partial charge in [0.15, 0.2) is 0 Å². The van der Waals surface area contributed by atoms with E-state index in [4.69, 9.17) is 5.73 Å². The van der Waals surface area contributed by atoms with Gasteiger partial charge in [0.2, 0.25) is 0 Å². The molecule has 0 saturated heterocycles. The van der Waals surface area contributed by atoms with Crippen molar-refractivity contribution >= 4 is 37.3 Å². The molecule has 0 aliphatic heterocycles. The third-order valence-corrected chi connectivity index (χ3v) is 7.15. The summed E-state index contributed by atoms with van der Waals surface area (Å²) in [6.45, 7) is 2.57. The van der Waals surface area contributed by atoms with E-state index >= 15 is 0 Å². The van der Waals surface area contributed by atoms with Crippen LogP contribution in [0, 0.1) is 6.92 Å². The van der Waals surface area contributed by atoms with Gasteiger partial charge in [-0.25, -0.2) is 8.42 Å². The average Bonchev–Trinajstić information content (AvgIpc) is 2.80. The molecule has 0 aliphatic rings. The first-order valence-corrected chi connectivity index (χ1v) is 9.39. The Kier molecular flexibility index (Phi) is 5.21. The molecule has 1 heterocycles. The molecule has 0 atom stereocenters. The predicted molar refractivity (Wildman–Crippen MR) is 89.7 cm³/mol. The van der Waals surface area contributed by atoms with Gasteiger partial charge in [-0.1, -0.05) is 28.1 Å². The fourth-order valence-electron chi connectivity index (χ4n) is 1.95. The van der Waals surface area contributed by atoms with Crippen LogP contribution in [0.1, 0.15) is 16.0 Å². The van der Waals surface area contributed by atoms with Gasteiger partial charge in [0.25, 0.3) is 10.0 Å². The van der Waals surface area contributed by atoms with E-state index < -0.39 is 10.0 Å². The van der Waals surface area contributed by atoms with Crippen molar-refractivity contribution in [1.82, 2.24) is 4.31 Å². The van der Waals surface area contributed by atoms with E-state index in [1.165, 1.54) is 15.6 Å². The quantitative estimate of drug-likeness (QED) is 0.855. The first-order chi connectivity index (χ1) is 9.84. The van der Waals surface area contributed by atoms with Crippen LogP contribution in [0.25, 0.3) is 0 Å². The first-order valence-electron chi connectivity index (χ1n) is 6.34. The summed E-state index contributed by atoms with van der Waals surface area (Å²) in [4.78, 5) is 0.907. The second-order valence-electron chi connectivity index (χ2n) is 4.77. The van der Waals surface area contributed by atoms with Crippen LogP contribution < -0.4 is 5.73 Å². The highest BCUT2D eigenvalue weighted by Crippen LogP contribution is 2.28. The van der Waals surface area contributed by atoms with Gasteiger partial charge in [0.05, 0.1) is 0 Å². The molecule has 4 nitrogen and oxygen atoms in total. The van der Waals surface area contributed by atoms with Crippen molar-refractivity contribution in [2.24, 2.45) is 5.73 Å². The minimum absolute atomic E-state index is 0.330. The van der Waals surface area contributed by atoms with Crippen molar-refractivity contribution in [2.75, 3.05) is 7.05 Å². The lowest BCUT2D eigenvalue weighted by atomic mass is 10.2. The van der Waals surface area contributed by atoms with Gasteiger partial charge in [0, 0.05) is 29.5 Å². The second kappa shape index (κ2) is 6.58. The predicted octanol–water partition coefficient (Wildman–Crippen LogP) is 3.10. The van der Waals surface area contributed by atoms with Gasteiger partial charge in [-0.15, -0.1) is 11.3 Å². The monoisotopic (exact) mass is 388 g/mol. The molecular formula is C14H17BrN2O2S2. The summed E-state index contributed by atoms with van der Waals surface area (Å²) in [5.41, 5.74) is 7.48. The maximum atomic E-state index is 12.6. The Morgan fingerprint density at radius 2 is 2.05 bits per heavy atom. The van der Waals surface area contributed by atoms with Gasteiger partial charge < -0.3 is 5.73 Å². The summed E-state index contributed by atoms with van der Waals surface area (Å²) >= 11 is 4.63. The number of hydrogen-bond donors (Lipinski definition) is 1. The zero-order valence-corrected chi connectivity index (χ0v) is 15.1. The number of aryl methyl sites for hydroxylation is 1. The zero-order chi connectivity index (χ0) is 15.6. The fourth-order valence-corrected chi connectivity index (χ4v) is 5.23. The van der Waals surface area contributed by atoms with Crippen LogP contribution in [-0.2, 0) is 23.1 Å². The normalized spacial score (nSPS) is 12.0. The fraction of sp³-hybridized carbons (Fsp3) is 0.286. The Hall–Kier alpha value is -0.730. The van der Waals surface area contributed by atoms with E-state index in [1.807, 2.05) is 31.2 Å². The molecule has 2 N–H and O–H groups in total. The third kappa shape index (κ3) is 3.73. The van der Waals surface area contributed by atoms with Crippen molar-refractivity contribution in [3.05, 3.63) is 50.8 Å². The lowest BCUT2D eigenvalue weighted by Crippen LogP contribution is -2.25. The van der Waals surface area contributed by atoms with Crippen molar-refractivity contribution in [3.8, 4) is 0 Å². The Morgan fingerprint density at radius 3 is 2.62 bits per heavy atom. The molecule has 1 aromatic heterocycles. The van der Waals surface area contributed by atoms with Gasteiger partial charge >= 0.3 is 0 Å². The average molecular weight is 389 g/mol. The lowest BCUT2D eigenvalue weighted by molar-refractivity contribution is 0.468. The molecule has 0 amide bonds. The molecule has 2 aromatic rings. The highest BCUT2D eigenvalue weighted by atomic mass is 79.9. The molecule has 114 valence electrons. The molecule has 21 heavy (non-hydrogen) atoms. The van der Waals surface area contributed by atoms with Crippen molar-refractivity contribution in [2.45, 2.75) is 24.2 Å². The highest BCUT2D eigenvalue weighted by molar-refractivity contribution is 9.10. The maximum Gasteiger partial charge on any atom is 0.252 e. The third-order valence-electron chi connectivity index (χ3n) is 3.14. The number of nitrogens with two attached hydrogens (primary N) is 1. The minimum Gasteiger partial charge on any atom is -0.326 e. The van der Waals surface area contributed by atoms with Crippen LogP contribution >= 0.6 is 27.3 Å². The molecule has 0 spiro atoms. The van der Waals surface area contributed by atoms with Crippen molar-refractivity contribution in [1.29, 1.82) is 0 Å². The Labute approximate surface area is 137 Å². The van der Waals surface area contributed by atoms with E-state index in [-0.39, 0.29) is 0 Å². The lowest BCUT2D eigenvalue weighted by Gasteiger charge is -2.16. The summed E-state index contributed by atoms with van der Waals surface area (Å²) in [5.74, 6) is 0. The molecule has 0 fully saturated rings. The Bertz CT molecular complexity index is 741. The van der Waals surface area contributed by atoms with Gasteiger partial charge in [-0.3, -0.25) is 0 Å². The number of thiophene rings is 1. The summed E-state index contributed by atoms with van der Waals surface area (Å²) in [6.07, 6.45) is 0. The molecular weight excluding hydrogens is 372 g/mol. The van der Waals surface area contributed by atoms with Gasteiger partial charge in [0.1, 0.15) is 4.21 Å². The largest absolute Gasteiger partial charge is 0.326 e. The van der Waals surface area contributed by atoms with Crippen LogP contribution in [0.3, 0.4) is 0 Å². The summed E-state index contributed by atoms with van der Waals surface area (Å²) in [6, 6.07) is 9.31. The highest BCUT2D eigenvalue weighted by Gasteiger charge is 2.24. The van der Waals surface area contributed by atoms with Crippen LogP contribution in [-0.4, -0.2) is 19.8 Å². The van der Waals surface area contributed by atoms with E-state index in [1.54, 1.807) is 13.1 Å². The van der Waals surface area contributed by atoms with E-state index in [2.05, 4.69) is 15.9 Å². The van der Waals surface area contributed by atoms with Crippen molar-refractivity contribution < 1.29 is 8.42 Å². The van der Waals surface area contributed by atoms with E-state index in [0.717, 1.165) is 20.5 Å². The zero-order valence-electron chi connectivity index (χ0n) is 11.8. The first kappa shape index (κ1) is 16.6. The van der Waals surface area contributed by atoms with Gasteiger partial charge in [-0.2, -0.15) is 4.31 Å². The molecule has 0 unspecified atom stereocenters. The molecule has 0 radical (unpaired) electrons. The second-order valence-corrected chi connectivity index (χ2v) is 9.09. The number of nitrogens with zero attached hydrogens (tertiary/aromatic N) is 1. The number of hydrogen-bond acceptors (Lipinski definition) is 4. The smallest absolute Gasteiger partial charge is 0.252 e. The van der Waals surface area contributed by atoms with Gasteiger partial charge in [-0.05, 0) is 36.2 Å². The summed E-state index contributed by atoms with van der Waals surface area (Å²) in [5, 5.41) is 0. The Balaban J connectivity index is 2.26. The molecule has 2 rings (SSSR count). The van der Waals surface area contributed by atoms with E-state index in [9.17, 15) is 8.42 Å². The summed E-state index contributed by atoms with van der Waals surface area (Å²) in [7, 11) is -1.89. The summed E-state index contributed by atoms with van der Waals surface area (Å²) < 4.78 is 27.8. The molecule has 0 saturated carbocycles. The van der Waals surface area contributed by atoms with Crippen LogP contribution in [0.2, 0.25) is 0 Å². The van der Waals surface area contributed by atoms with Crippen LogP contribution in [0.15, 0.2) is 39.0 Å². The van der Waals surface area contributed by atoms with Crippen LogP contribution in [0.5, 0.6) is 0 Å². The SMILES string of the molecule is Cc1cc(S(=O)(=O)N(C)Cc2cccc(Br)c2)sc1CN. The standard InChI is InChI=1S/C14H17BrN2O2S2/c1-10-6-14(20-13(10)8-16)21(18,19)17(2)9-11-4-3-5-12(15)7-11/h3-7H,8-9,16H2,1-2H3.